The van der Waals surface area contributed by atoms with Crippen molar-refractivity contribution in [2.45, 2.75) is 6.92 Å². The van der Waals surface area contributed by atoms with E-state index in [9.17, 15) is 14.9 Å². The first kappa shape index (κ1) is 19.4. The van der Waals surface area contributed by atoms with Gasteiger partial charge in [0.25, 0.3) is 5.69 Å². The highest BCUT2D eigenvalue weighted by atomic mass is 35.5. The molecule has 0 spiro atoms. The Bertz CT molecular complexity index is 1040. The van der Waals surface area contributed by atoms with Crippen LogP contribution in [0, 0.1) is 17.0 Å². The average molecular weight is 403 g/mol. The third-order valence-corrected chi connectivity index (χ3v) is 4.07. The van der Waals surface area contributed by atoms with Crippen molar-refractivity contribution in [3.05, 3.63) is 69.4 Å². The van der Waals surface area contributed by atoms with Crippen LogP contribution >= 0.6 is 11.6 Å². The second-order valence-corrected chi connectivity index (χ2v) is 6.15. The number of carbonyl (C=O) groups excluding carboxylic acids is 1. The number of carbonyl (C=O) groups is 1. The minimum atomic E-state index is -0.657. The van der Waals surface area contributed by atoms with Crippen molar-refractivity contribution >= 4 is 34.2 Å². The molecule has 0 saturated heterocycles. The maximum absolute atomic E-state index is 11.8. The van der Waals surface area contributed by atoms with Gasteiger partial charge in [-0.05, 0) is 42.8 Å². The van der Waals surface area contributed by atoms with Crippen LogP contribution in [0.15, 0.2) is 48.7 Å². The molecule has 0 unspecified atom stereocenters. The minimum Gasteiger partial charge on any atom is -0.480 e. The number of esters is 1. The van der Waals surface area contributed by atoms with Crippen LogP contribution in [0.1, 0.15) is 5.56 Å². The first-order valence-electron chi connectivity index (χ1n) is 8.15. The number of aromatic nitrogens is 1. The van der Waals surface area contributed by atoms with E-state index in [-0.39, 0.29) is 18.0 Å². The molecule has 0 aliphatic carbocycles. The smallest absolute Gasteiger partial charge is 0.347 e. The predicted octanol–water partition coefficient (Wildman–Crippen LogP) is 4.06. The fourth-order valence-corrected chi connectivity index (χ4v) is 2.76. The first-order valence-corrected chi connectivity index (χ1v) is 8.53. The van der Waals surface area contributed by atoms with E-state index >= 15 is 0 Å². The van der Waals surface area contributed by atoms with Crippen molar-refractivity contribution in [1.29, 1.82) is 0 Å². The molecule has 0 atom stereocenters. The Morgan fingerprint density at radius 2 is 1.96 bits per heavy atom. The molecule has 0 radical (unpaired) electrons. The van der Waals surface area contributed by atoms with E-state index < -0.39 is 17.7 Å². The van der Waals surface area contributed by atoms with Gasteiger partial charge in [-0.25, -0.2) is 4.79 Å². The van der Waals surface area contributed by atoms with Crippen molar-refractivity contribution in [3.8, 4) is 11.5 Å². The summed E-state index contributed by atoms with van der Waals surface area (Å²) in [6, 6.07) is 11.1. The number of nitro groups is 1. The standard InChI is InChI=1S/C19H15ClN2O6/c1-12-4-6-16(14(20)9-12)26-10-18(23)28-11-27-17-7-5-15(22(24)25)13-3-2-8-21-19(13)17/h2-9H,10-11H2,1H3. The number of nitrogens with zero attached hydrogens (tertiary/aromatic N) is 2. The van der Waals surface area contributed by atoms with Gasteiger partial charge in [0.1, 0.15) is 17.0 Å². The summed E-state index contributed by atoms with van der Waals surface area (Å²) in [6.07, 6.45) is 1.49. The number of non-ortho nitro benzene ring substituents is 1. The lowest BCUT2D eigenvalue weighted by atomic mass is 10.1. The number of ether oxygens (including phenoxy) is 3. The van der Waals surface area contributed by atoms with E-state index in [0.717, 1.165) is 5.56 Å². The van der Waals surface area contributed by atoms with Crippen molar-refractivity contribution in [2.24, 2.45) is 0 Å². The molecule has 3 aromatic rings. The lowest BCUT2D eigenvalue weighted by molar-refractivity contribution is -0.383. The molecule has 9 heteroatoms. The number of hydrogen-bond donors (Lipinski definition) is 0. The number of nitro benzene ring substituents is 1. The molecule has 3 rings (SSSR count). The summed E-state index contributed by atoms with van der Waals surface area (Å²) >= 11 is 6.03. The highest BCUT2D eigenvalue weighted by Crippen LogP contribution is 2.31. The summed E-state index contributed by atoms with van der Waals surface area (Å²) in [6.45, 7) is 1.15. The molecule has 144 valence electrons. The Labute approximate surface area is 164 Å². The number of fused-ring (bicyclic) bond motifs is 1. The van der Waals surface area contributed by atoms with Gasteiger partial charge in [-0.3, -0.25) is 15.1 Å². The van der Waals surface area contributed by atoms with Gasteiger partial charge in [0, 0.05) is 12.3 Å². The molecule has 0 N–H and O–H groups in total. The highest BCUT2D eigenvalue weighted by molar-refractivity contribution is 6.32. The summed E-state index contributed by atoms with van der Waals surface area (Å²) in [5, 5.41) is 11.8. The molecular weight excluding hydrogens is 388 g/mol. The molecule has 1 aromatic heterocycles. The molecule has 2 aromatic carbocycles. The molecular formula is C19H15ClN2O6. The topological polar surface area (TPSA) is 101 Å². The van der Waals surface area contributed by atoms with Crippen LogP contribution in [-0.2, 0) is 9.53 Å². The van der Waals surface area contributed by atoms with Gasteiger partial charge in [-0.1, -0.05) is 17.7 Å². The first-order chi connectivity index (χ1) is 13.5. The van der Waals surface area contributed by atoms with Gasteiger partial charge < -0.3 is 14.2 Å². The Kier molecular flexibility index (Phi) is 5.90. The maximum Gasteiger partial charge on any atom is 0.347 e. The molecule has 0 saturated carbocycles. The molecule has 1 heterocycles. The van der Waals surface area contributed by atoms with E-state index in [1.807, 2.05) is 13.0 Å². The van der Waals surface area contributed by atoms with Crippen LogP contribution in [0.2, 0.25) is 5.02 Å². The number of halogens is 1. The SMILES string of the molecule is Cc1ccc(OCC(=O)OCOc2ccc([N+](=O)[O-])c3cccnc23)c(Cl)c1. The Hall–Kier alpha value is -3.39. The Balaban J connectivity index is 1.58. The molecule has 0 amide bonds. The van der Waals surface area contributed by atoms with Gasteiger partial charge in [0.05, 0.1) is 15.3 Å². The van der Waals surface area contributed by atoms with E-state index in [2.05, 4.69) is 4.98 Å². The fourth-order valence-electron chi connectivity index (χ4n) is 2.47. The largest absolute Gasteiger partial charge is 0.480 e. The zero-order valence-electron chi connectivity index (χ0n) is 14.8. The molecule has 0 aliphatic rings. The summed E-state index contributed by atoms with van der Waals surface area (Å²) in [5.41, 5.74) is 1.18. The summed E-state index contributed by atoms with van der Waals surface area (Å²) in [4.78, 5) is 26.5. The van der Waals surface area contributed by atoms with Crippen molar-refractivity contribution < 1.29 is 23.9 Å². The highest BCUT2D eigenvalue weighted by Gasteiger charge is 2.16. The van der Waals surface area contributed by atoms with Crippen LogP contribution in [-0.4, -0.2) is 29.3 Å². The fraction of sp³-hybridized carbons (Fsp3) is 0.158. The average Bonchev–Trinajstić information content (AvgIpc) is 2.67. The molecule has 0 bridgehead atoms. The predicted molar refractivity (Wildman–Crippen MR) is 102 cm³/mol. The minimum absolute atomic E-state index is 0.0872. The van der Waals surface area contributed by atoms with Gasteiger partial charge in [0.2, 0.25) is 6.79 Å². The van der Waals surface area contributed by atoms with Gasteiger partial charge >= 0.3 is 5.97 Å². The monoisotopic (exact) mass is 402 g/mol. The molecule has 0 aliphatic heterocycles. The van der Waals surface area contributed by atoms with Gasteiger partial charge in [0.15, 0.2) is 6.61 Å². The van der Waals surface area contributed by atoms with E-state index in [1.165, 1.54) is 18.3 Å². The van der Waals surface area contributed by atoms with E-state index in [4.69, 9.17) is 25.8 Å². The molecule has 28 heavy (non-hydrogen) atoms. The van der Waals surface area contributed by atoms with Crippen LogP contribution < -0.4 is 9.47 Å². The summed E-state index contributed by atoms with van der Waals surface area (Å²) < 4.78 is 15.7. The number of hydrogen-bond acceptors (Lipinski definition) is 7. The lowest BCUT2D eigenvalue weighted by Crippen LogP contribution is -2.18. The lowest BCUT2D eigenvalue weighted by Gasteiger charge is -2.11. The van der Waals surface area contributed by atoms with Gasteiger partial charge in [-0.15, -0.1) is 0 Å². The summed E-state index contributed by atoms with van der Waals surface area (Å²) in [7, 11) is 0. The zero-order chi connectivity index (χ0) is 20.1. The second kappa shape index (κ2) is 8.53. The van der Waals surface area contributed by atoms with Crippen molar-refractivity contribution in [3.63, 3.8) is 0 Å². The third kappa shape index (κ3) is 4.47. The third-order valence-electron chi connectivity index (χ3n) is 3.77. The number of rotatable bonds is 7. The zero-order valence-corrected chi connectivity index (χ0v) is 15.5. The Morgan fingerprint density at radius 1 is 1.18 bits per heavy atom. The quantitative estimate of drug-likeness (QED) is 0.254. The van der Waals surface area contributed by atoms with E-state index in [0.29, 0.717) is 21.7 Å². The van der Waals surface area contributed by atoms with Crippen LogP contribution in [0.5, 0.6) is 11.5 Å². The normalized spacial score (nSPS) is 10.5. The van der Waals surface area contributed by atoms with Crippen molar-refractivity contribution in [1.82, 2.24) is 4.98 Å². The van der Waals surface area contributed by atoms with Crippen LogP contribution in [0.4, 0.5) is 5.69 Å². The van der Waals surface area contributed by atoms with Crippen LogP contribution in [0.3, 0.4) is 0 Å². The second-order valence-electron chi connectivity index (χ2n) is 5.74. The Morgan fingerprint density at radius 3 is 2.71 bits per heavy atom. The number of aryl methyl sites for hydroxylation is 1. The van der Waals surface area contributed by atoms with E-state index in [1.54, 1.807) is 24.3 Å². The number of benzene rings is 2. The van der Waals surface area contributed by atoms with Gasteiger partial charge in [-0.2, -0.15) is 0 Å². The molecule has 0 fully saturated rings. The molecule has 8 nitrogen and oxygen atoms in total. The maximum atomic E-state index is 11.8. The number of pyridine rings is 1. The van der Waals surface area contributed by atoms with Crippen LogP contribution in [0.25, 0.3) is 10.9 Å². The van der Waals surface area contributed by atoms with Crippen molar-refractivity contribution in [2.75, 3.05) is 13.4 Å². The summed E-state index contributed by atoms with van der Waals surface area (Å²) in [5.74, 6) is -0.0250.